The molecule has 0 aliphatic rings. The fraction of sp³-hybridized carbons (Fsp3) is 0.500. The minimum absolute atomic E-state index is 0.250. The SMILES string of the molecule is CC(C)(N)C(C)(C)c1nc2ncc(Br)cc2[nH]1. The maximum absolute atomic E-state index is 6.21. The Bertz CT molecular complexity index is 551. The monoisotopic (exact) mass is 296 g/mol. The Hall–Kier alpha value is -0.940. The summed E-state index contributed by atoms with van der Waals surface area (Å²) in [7, 11) is 0. The summed E-state index contributed by atoms with van der Waals surface area (Å²) in [6.45, 7) is 8.17. The largest absolute Gasteiger partial charge is 0.340 e. The van der Waals surface area contributed by atoms with Gasteiger partial charge in [0.25, 0.3) is 0 Å². The predicted octanol–water partition coefficient (Wildman–Crippen LogP) is 2.74. The lowest BCUT2D eigenvalue weighted by Gasteiger charge is -2.36. The van der Waals surface area contributed by atoms with E-state index in [-0.39, 0.29) is 11.0 Å². The lowest BCUT2D eigenvalue weighted by Crippen LogP contribution is -2.50. The number of nitrogens with zero attached hydrogens (tertiary/aromatic N) is 2. The Morgan fingerprint density at radius 2 is 1.94 bits per heavy atom. The first-order chi connectivity index (χ1) is 7.72. The molecule has 3 N–H and O–H groups in total. The van der Waals surface area contributed by atoms with Crippen LogP contribution in [0.25, 0.3) is 11.2 Å². The first-order valence-electron chi connectivity index (χ1n) is 5.52. The van der Waals surface area contributed by atoms with E-state index in [0.717, 1.165) is 21.5 Å². The number of fused-ring (bicyclic) bond motifs is 1. The molecule has 0 aromatic carbocycles. The van der Waals surface area contributed by atoms with E-state index in [1.165, 1.54) is 0 Å². The van der Waals surface area contributed by atoms with Gasteiger partial charge >= 0.3 is 0 Å². The minimum atomic E-state index is -0.363. The number of halogens is 1. The molecule has 0 aliphatic carbocycles. The summed E-state index contributed by atoms with van der Waals surface area (Å²) in [5.41, 5.74) is 7.24. The molecule has 0 aliphatic heterocycles. The van der Waals surface area contributed by atoms with Gasteiger partial charge in [0.2, 0.25) is 0 Å². The van der Waals surface area contributed by atoms with E-state index in [1.807, 2.05) is 19.9 Å². The smallest absolute Gasteiger partial charge is 0.177 e. The summed E-state index contributed by atoms with van der Waals surface area (Å²) in [6, 6.07) is 1.97. The Morgan fingerprint density at radius 1 is 1.29 bits per heavy atom. The number of H-pyrrole nitrogens is 1. The molecule has 0 atom stereocenters. The highest BCUT2D eigenvalue weighted by atomic mass is 79.9. The number of rotatable bonds is 2. The fourth-order valence-corrected chi connectivity index (χ4v) is 1.81. The Labute approximate surface area is 109 Å². The van der Waals surface area contributed by atoms with Crippen LogP contribution in [0.5, 0.6) is 0 Å². The molecule has 0 bridgehead atoms. The summed E-state index contributed by atoms with van der Waals surface area (Å²) in [5, 5.41) is 0. The molecule has 0 saturated carbocycles. The van der Waals surface area contributed by atoms with Crippen molar-refractivity contribution in [2.75, 3.05) is 0 Å². The van der Waals surface area contributed by atoms with Crippen LogP contribution in [0.3, 0.4) is 0 Å². The molecule has 0 unspecified atom stereocenters. The highest BCUT2D eigenvalue weighted by molar-refractivity contribution is 9.10. The van der Waals surface area contributed by atoms with Crippen LogP contribution in [0.4, 0.5) is 0 Å². The van der Waals surface area contributed by atoms with Crippen LogP contribution >= 0.6 is 15.9 Å². The average Bonchev–Trinajstić information content (AvgIpc) is 2.58. The number of nitrogens with one attached hydrogen (secondary N) is 1. The lowest BCUT2D eigenvalue weighted by atomic mass is 9.74. The summed E-state index contributed by atoms with van der Waals surface area (Å²) >= 11 is 3.40. The van der Waals surface area contributed by atoms with Crippen molar-refractivity contribution in [2.45, 2.75) is 38.6 Å². The molecule has 92 valence electrons. The van der Waals surface area contributed by atoms with E-state index in [2.05, 4.69) is 44.7 Å². The molecule has 2 aromatic rings. The predicted molar refractivity (Wildman–Crippen MR) is 72.9 cm³/mol. The van der Waals surface area contributed by atoms with Gasteiger partial charge in [-0.05, 0) is 35.8 Å². The van der Waals surface area contributed by atoms with Crippen molar-refractivity contribution in [3.8, 4) is 0 Å². The van der Waals surface area contributed by atoms with E-state index in [0.29, 0.717) is 0 Å². The van der Waals surface area contributed by atoms with Crippen molar-refractivity contribution in [2.24, 2.45) is 5.73 Å². The zero-order chi connectivity index (χ0) is 12.8. The van der Waals surface area contributed by atoms with Crippen molar-refractivity contribution in [3.05, 3.63) is 22.6 Å². The van der Waals surface area contributed by atoms with Gasteiger partial charge in [0.1, 0.15) is 5.82 Å². The third-order valence-corrected chi connectivity index (χ3v) is 3.94. The highest BCUT2D eigenvalue weighted by Gasteiger charge is 2.37. The quantitative estimate of drug-likeness (QED) is 0.895. The van der Waals surface area contributed by atoms with Crippen LogP contribution in [0.1, 0.15) is 33.5 Å². The van der Waals surface area contributed by atoms with Crippen LogP contribution in [-0.2, 0) is 5.41 Å². The van der Waals surface area contributed by atoms with Gasteiger partial charge in [-0.1, -0.05) is 13.8 Å². The van der Waals surface area contributed by atoms with Gasteiger partial charge in [-0.25, -0.2) is 9.97 Å². The van der Waals surface area contributed by atoms with Crippen LogP contribution in [0, 0.1) is 0 Å². The number of hydrogen-bond acceptors (Lipinski definition) is 3. The first kappa shape index (κ1) is 12.5. The molecule has 4 nitrogen and oxygen atoms in total. The van der Waals surface area contributed by atoms with E-state index < -0.39 is 0 Å². The van der Waals surface area contributed by atoms with Crippen LogP contribution in [0.15, 0.2) is 16.7 Å². The fourth-order valence-electron chi connectivity index (χ4n) is 1.48. The van der Waals surface area contributed by atoms with Crippen molar-refractivity contribution in [1.29, 1.82) is 0 Å². The number of aromatic amines is 1. The van der Waals surface area contributed by atoms with E-state index in [1.54, 1.807) is 6.20 Å². The molecule has 0 amide bonds. The number of aromatic nitrogens is 3. The van der Waals surface area contributed by atoms with Gasteiger partial charge in [-0.2, -0.15) is 0 Å². The van der Waals surface area contributed by atoms with Gasteiger partial charge in [0.15, 0.2) is 5.65 Å². The Balaban J connectivity index is 2.57. The molecule has 2 aromatic heterocycles. The Kier molecular flexibility index (Phi) is 2.78. The second-order valence-corrected chi connectivity index (χ2v) is 6.37. The topological polar surface area (TPSA) is 67.6 Å². The second-order valence-electron chi connectivity index (χ2n) is 5.46. The van der Waals surface area contributed by atoms with E-state index in [4.69, 9.17) is 5.73 Å². The van der Waals surface area contributed by atoms with Crippen molar-refractivity contribution >= 4 is 27.1 Å². The maximum Gasteiger partial charge on any atom is 0.177 e. The van der Waals surface area contributed by atoms with Crippen molar-refractivity contribution in [1.82, 2.24) is 15.0 Å². The standard InChI is InChI=1S/C12H17BrN4/c1-11(2,12(3,4)14)10-16-8-5-7(13)6-15-9(8)17-10/h5-6H,14H2,1-4H3,(H,15,16,17). The Morgan fingerprint density at radius 3 is 2.53 bits per heavy atom. The van der Waals surface area contributed by atoms with Crippen LogP contribution in [-0.4, -0.2) is 20.5 Å². The van der Waals surface area contributed by atoms with E-state index >= 15 is 0 Å². The van der Waals surface area contributed by atoms with Gasteiger partial charge in [-0.3, -0.25) is 0 Å². The number of imidazole rings is 1. The zero-order valence-electron chi connectivity index (χ0n) is 10.5. The summed E-state index contributed by atoms with van der Waals surface area (Å²) < 4.78 is 0.935. The zero-order valence-corrected chi connectivity index (χ0v) is 12.1. The highest BCUT2D eigenvalue weighted by Crippen LogP contribution is 2.32. The molecule has 5 heteroatoms. The van der Waals surface area contributed by atoms with Crippen LogP contribution in [0.2, 0.25) is 0 Å². The summed E-state index contributed by atoms with van der Waals surface area (Å²) in [4.78, 5) is 12.1. The van der Waals surface area contributed by atoms with Gasteiger partial charge < -0.3 is 10.7 Å². The molecule has 0 fully saturated rings. The normalized spacial score (nSPS) is 13.3. The molecule has 0 radical (unpaired) electrons. The minimum Gasteiger partial charge on any atom is -0.340 e. The van der Waals surface area contributed by atoms with Gasteiger partial charge in [0.05, 0.1) is 5.52 Å². The van der Waals surface area contributed by atoms with Crippen LogP contribution < -0.4 is 5.73 Å². The lowest BCUT2D eigenvalue weighted by molar-refractivity contribution is 0.293. The third-order valence-electron chi connectivity index (χ3n) is 3.51. The first-order valence-corrected chi connectivity index (χ1v) is 6.32. The summed E-state index contributed by atoms with van der Waals surface area (Å²) in [5.74, 6) is 0.866. The maximum atomic E-state index is 6.21. The average molecular weight is 297 g/mol. The third kappa shape index (κ3) is 2.09. The number of hydrogen-bond donors (Lipinski definition) is 2. The summed E-state index contributed by atoms with van der Waals surface area (Å²) in [6.07, 6.45) is 1.74. The van der Waals surface area contributed by atoms with Gasteiger partial charge in [0, 0.05) is 21.6 Å². The number of nitrogens with two attached hydrogens (primary N) is 1. The van der Waals surface area contributed by atoms with Crippen molar-refractivity contribution in [3.63, 3.8) is 0 Å². The number of pyridine rings is 1. The molecule has 17 heavy (non-hydrogen) atoms. The van der Waals surface area contributed by atoms with Crippen molar-refractivity contribution < 1.29 is 0 Å². The molecule has 0 spiro atoms. The molecule has 2 heterocycles. The van der Waals surface area contributed by atoms with Gasteiger partial charge in [-0.15, -0.1) is 0 Å². The molecular formula is C12H17BrN4. The second kappa shape index (κ2) is 3.78. The molecule has 2 rings (SSSR count). The van der Waals surface area contributed by atoms with E-state index in [9.17, 15) is 0 Å². The molecular weight excluding hydrogens is 280 g/mol. The molecule has 0 saturated heterocycles.